The Labute approximate surface area is 277 Å². The predicted octanol–water partition coefficient (Wildman–Crippen LogP) is 5.27. The molecule has 1 aliphatic carbocycles. The minimum Gasteiger partial charge on any atom is -0.479 e. The van der Waals surface area contributed by atoms with Gasteiger partial charge in [-0.25, -0.2) is 14.3 Å². The summed E-state index contributed by atoms with van der Waals surface area (Å²) in [6, 6.07) is -0.157. The fourth-order valence-electron chi connectivity index (χ4n) is 6.14. The van der Waals surface area contributed by atoms with Gasteiger partial charge in [0.2, 0.25) is 5.28 Å². The van der Waals surface area contributed by atoms with E-state index in [9.17, 15) is 19.3 Å². The molecule has 2 aliphatic heterocycles. The number of rotatable bonds is 12. The molecule has 18 heteroatoms. The van der Waals surface area contributed by atoms with Crippen molar-refractivity contribution in [3.05, 3.63) is 11.5 Å². The number of carbonyl (C=O) groups excluding carboxylic acids is 1. The molecule has 5 atom stereocenters. The zero-order chi connectivity index (χ0) is 34.3. The van der Waals surface area contributed by atoms with E-state index < -0.39 is 61.4 Å². The van der Waals surface area contributed by atoms with Crippen molar-refractivity contribution in [3.63, 3.8) is 0 Å². The first-order valence-corrected chi connectivity index (χ1v) is 17.7. The summed E-state index contributed by atoms with van der Waals surface area (Å²) in [5.74, 6) is -4.20. The van der Waals surface area contributed by atoms with E-state index >= 15 is 0 Å². The van der Waals surface area contributed by atoms with Crippen molar-refractivity contribution in [3.8, 4) is 0 Å². The number of aliphatic carboxylic acids is 1. The smallest absolute Gasteiger partial charge is 0.416 e. The number of carboxylic acids is 1. The average Bonchev–Trinajstić information content (AvgIpc) is 3.73. The second-order valence-electron chi connectivity index (χ2n) is 13.0. The first-order chi connectivity index (χ1) is 22.1. The summed E-state index contributed by atoms with van der Waals surface area (Å²) in [5.41, 5.74) is -0.478. The van der Waals surface area contributed by atoms with Gasteiger partial charge in [0, 0.05) is 6.04 Å². The first-order valence-electron chi connectivity index (χ1n) is 15.7. The van der Waals surface area contributed by atoms with Crippen LogP contribution < -0.4 is 4.90 Å². The number of hydrogen-bond acceptors (Lipinski definition) is 13. The fourth-order valence-corrected chi connectivity index (χ4v) is 7.91. The lowest BCUT2D eigenvalue weighted by atomic mass is 10.1. The topological polar surface area (TPSA) is 183 Å². The van der Waals surface area contributed by atoms with E-state index in [-0.39, 0.29) is 42.6 Å². The van der Waals surface area contributed by atoms with Gasteiger partial charge >= 0.3 is 19.7 Å². The van der Waals surface area contributed by atoms with Crippen molar-refractivity contribution >= 4 is 48.1 Å². The third-order valence-electron chi connectivity index (χ3n) is 7.82. The van der Waals surface area contributed by atoms with E-state index in [1.165, 1.54) is 15.8 Å². The molecule has 0 aromatic carbocycles. The standard InChI is InChI=1S/C29H43ClN5O11P/c1-8-41-47(39,42-9-2)25(24(36)37)40-15-18-19-20(45-29(6,7)44-19)23(43-18)35-22-17(14-31-35)21(32-26(30)33-22)34(16-12-10-11-13-16)27(38)46-28(3,4)5/h14,16,18-20,23,25H,8-13,15H2,1-7H3,(H,36,37)/t18-,19-,20-,23-,25?/m1/s1. The molecule has 47 heavy (non-hydrogen) atoms. The zero-order valence-corrected chi connectivity index (χ0v) is 29.2. The van der Waals surface area contributed by atoms with E-state index in [1.807, 2.05) is 0 Å². The molecule has 1 saturated carbocycles. The summed E-state index contributed by atoms with van der Waals surface area (Å²) in [7, 11) is -4.18. The second-order valence-corrected chi connectivity index (χ2v) is 15.4. The molecule has 3 fully saturated rings. The Morgan fingerprint density at radius 2 is 1.79 bits per heavy atom. The van der Waals surface area contributed by atoms with Crippen LogP contribution in [0.3, 0.4) is 0 Å². The molecule has 4 heterocycles. The first kappa shape index (κ1) is 35.9. The van der Waals surface area contributed by atoms with Crippen LogP contribution in [0, 0.1) is 0 Å². The number of hydrogen-bond donors (Lipinski definition) is 1. The highest BCUT2D eigenvalue weighted by Crippen LogP contribution is 2.54. The molecule has 2 aromatic rings. The number of halogens is 1. The lowest BCUT2D eigenvalue weighted by molar-refractivity contribution is -0.204. The minimum absolute atomic E-state index is 0.0485. The number of nitrogens with zero attached hydrogens (tertiary/aromatic N) is 5. The van der Waals surface area contributed by atoms with E-state index in [0.29, 0.717) is 5.39 Å². The Balaban J connectivity index is 1.48. The second kappa shape index (κ2) is 13.8. The molecule has 16 nitrogen and oxygen atoms in total. The highest BCUT2D eigenvalue weighted by atomic mass is 35.5. The number of anilines is 1. The summed E-state index contributed by atoms with van der Waals surface area (Å²) in [5, 5.41) is 14.8. The zero-order valence-electron chi connectivity index (χ0n) is 27.6. The third kappa shape index (κ3) is 7.59. The van der Waals surface area contributed by atoms with Gasteiger partial charge in [0.1, 0.15) is 23.9 Å². The Kier molecular flexibility index (Phi) is 10.6. The van der Waals surface area contributed by atoms with E-state index in [2.05, 4.69) is 15.1 Å². The summed E-state index contributed by atoms with van der Waals surface area (Å²) < 4.78 is 55.4. The Bertz CT molecular complexity index is 1500. The molecule has 1 unspecified atom stereocenters. The van der Waals surface area contributed by atoms with Crippen LogP contribution in [-0.2, 0) is 42.1 Å². The highest BCUT2D eigenvalue weighted by molar-refractivity contribution is 7.55. The van der Waals surface area contributed by atoms with Crippen LogP contribution in [-0.4, -0.2) is 98.3 Å². The number of carboxylic acid groups (broad SMARTS) is 1. The van der Waals surface area contributed by atoms with Crippen LogP contribution in [0.15, 0.2) is 6.20 Å². The van der Waals surface area contributed by atoms with Crippen molar-refractivity contribution in [2.24, 2.45) is 0 Å². The molecule has 1 N–H and O–H groups in total. The van der Waals surface area contributed by atoms with E-state index in [0.717, 1.165) is 25.7 Å². The maximum atomic E-state index is 13.6. The van der Waals surface area contributed by atoms with Gasteiger partial charge in [-0.3, -0.25) is 9.46 Å². The number of fused-ring (bicyclic) bond motifs is 2. The van der Waals surface area contributed by atoms with Crippen LogP contribution in [0.4, 0.5) is 10.6 Å². The molecule has 262 valence electrons. The Morgan fingerprint density at radius 1 is 1.15 bits per heavy atom. The molecule has 3 aliphatic rings. The maximum absolute atomic E-state index is 13.6. The molecule has 5 rings (SSSR count). The summed E-state index contributed by atoms with van der Waals surface area (Å²) in [6.45, 7) is 11.5. The number of aromatic nitrogens is 4. The van der Waals surface area contributed by atoms with Crippen molar-refractivity contribution < 1.29 is 52.0 Å². The molecule has 2 aromatic heterocycles. The van der Waals surface area contributed by atoms with Gasteiger partial charge in [0.25, 0.3) is 5.85 Å². The quantitative estimate of drug-likeness (QED) is 0.223. The molecule has 0 radical (unpaired) electrons. The fraction of sp³-hybridized carbons (Fsp3) is 0.759. The molecule has 1 amide bonds. The minimum atomic E-state index is -4.18. The summed E-state index contributed by atoms with van der Waals surface area (Å²) in [6.07, 6.45) is 1.09. The SMILES string of the molecule is CCOP(=O)(OCC)C(OC[C@H]1O[C@@H](n2ncc3c(N(C(=O)OC(C)(C)C)C4CCCC4)nc(Cl)nc32)[C@@H]2OC(C)(C)O[C@@H]21)C(=O)O. The van der Waals surface area contributed by atoms with E-state index in [1.54, 1.807) is 48.5 Å². The molecule has 2 saturated heterocycles. The van der Waals surface area contributed by atoms with Crippen LogP contribution in [0.1, 0.15) is 80.4 Å². The number of carbonyl (C=O) groups is 2. The van der Waals surface area contributed by atoms with Crippen molar-refractivity contribution in [1.82, 2.24) is 19.7 Å². The monoisotopic (exact) mass is 703 g/mol. The number of ether oxygens (including phenoxy) is 5. The predicted molar refractivity (Wildman–Crippen MR) is 167 cm³/mol. The normalized spacial score (nSPS) is 25.3. The summed E-state index contributed by atoms with van der Waals surface area (Å²) in [4.78, 5) is 36.2. The maximum Gasteiger partial charge on any atom is 0.416 e. The van der Waals surface area contributed by atoms with Crippen LogP contribution in [0.25, 0.3) is 11.0 Å². The van der Waals surface area contributed by atoms with Crippen LogP contribution in [0.2, 0.25) is 5.28 Å². The Morgan fingerprint density at radius 3 is 2.38 bits per heavy atom. The number of amides is 1. The van der Waals surface area contributed by atoms with Crippen molar-refractivity contribution in [2.45, 2.75) is 122 Å². The van der Waals surface area contributed by atoms with Crippen LogP contribution in [0.5, 0.6) is 0 Å². The van der Waals surface area contributed by atoms with Gasteiger partial charge in [0.15, 0.2) is 23.5 Å². The van der Waals surface area contributed by atoms with Crippen molar-refractivity contribution in [2.75, 3.05) is 24.7 Å². The van der Waals surface area contributed by atoms with Crippen molar-refractivity contribution in [1.29, 1.82) is 0 Å². The lowest BCUT2D eigenvalue weighted by Crippen LogP contribution is -2.43. The van der Waals surface area contributed by atoms with Gasteiger partial charge in [-0.1, -0.05) is 12.8 Å². The lowest BCUT2D eigenvalue weighted by Gasteiger charge is -2.31. The largest absolute Gasteiger partial charge is 0.479 e. The summed E-state index contributed by atoms with van der Waals surface area (Å²) >= 11 is 6.48. The van der Waals surface area contributed by atoms with Gasteiger partial charge in [-0.05, 0) is 72.9 Å². The molecule has 0 bridgehead atoms. The Hall–Kier alpha value is -2.43. The van der Waals surface area contributed by atoms with Gasteiger partial charge in [-0.2, -0.15) is 15.1 Å². The molecular weight excluding hydrogens is 661 g/mol. The van der Waals surface area contributed by atoms with Gasteiger partial charge in [-0.15, -0.1) is 0 Å². The molecule has 0 spiro atoms. The van der Waals surface area contributed by atoms with E-state index in [4.69, 9.17) is 44.3 Å². The third-order valence-corrected chi connectivity index (χ3v) is 10.2. The molecular formula is C29H43ClN5O11P. The highest BCUT2D eigenvalue weighted by Gasteiger charge is 2.57. The average molecular weight is 704 g/mol. The van der Waals surface area contributed by atoms with Gasteiger partial charge < -0.3 is 37.8 Å². The van der Waals surface area contributed by atoms with Crippen LogP contribution >= 0.6 is 19.2 Å². The van der Waals surface area contributed by atoms with Gasteiger partial charge in [0.05, 0.1) is 31.4 Å².